The fourth-order valence-corrected chi connectivity index (χ4v) is 5.43. The fraction of sp³-hybridized carbons (Fsp3) is 0.600. The summed E-state index contributed by atoms with van der Waals surface area (Å²) >= 11 is 0. The van der Waals surface area contributed by atoms with E-state index in [1.165, 1.54) is 0 Å². The predicted molar refractivity (Wildman–Crippen MR) is 78.9 cm³/mol. The Balaban J connectivity index is 1.88. The Kier molecular flexibility index (Phi) is 3.94. The van der Waals surface area contributed by atoms with Crippen molar-refractivity contribution in [3.05, 3.63) is 24.3 Å². The Labute approximate surface area is 125 Å². The zero-order valence-corrected chi connectivity index (χ0v) is 13.2. The van der Waals surface area contributed by atoms with Gasteiger partial charge in [0.1, 0.15) is 5.75 Å². The second-order valence-electron chi connectivity index (χ2n) is 5.72. The summed E-state index contributed by atoms with van der Waals surface area (Å²) in [6.07, 6.45) is 3.63. The van der Waals surface area contributed by atoms with Crippen LogP contribution in [0.4, 0.5) is 0 Å². The lowest BCUT2D eigenvalue weighted by atomic mass is 10.0. The van der Waals surface area contributed by atoms with Crippen molar-refractivity contribution in [3.63, 3.8) is 0 Å². The van der Waals surface area contributed by atoms with Gasteiger partial charge in [0.05, 0.1) is 18.1 Å². The Hall–Kier alpha value is -1.11. The summed E-state index contributed by atoms with van der Waals surface area (Å²) in [5, 5.41) is 0. The number of hydrogen-bond acceptors (Lipinski definition) is 4. The Morgan fingerprint density at radius 3 is 2.10 bits per heavy atom. The number of methoxy groups -OCH3 is 2. The van der Waals surface area contributed by atoms with E-state index < -0.39 is 10.0 Å². The number of ether oxygens (including phenoxy) is 2. The van der Waals surface area contributed by atoms with Gasteiger partial charge in [-0.15, -0.1) is 0 Å². The molecule has 21 heavy (non-hydrogen) atoms. The summed E-state index contributed by atoms with van der Waals surface area (Å²) < 4.78 is 38.0. The maximum absolute atomic E-state index is 12.9. The van der Waals surface area contributed by atoms with Crippen LogP contribution in [0.5, 0.6) is 5.75 Å². The predicted octanol–water partition coefficient (Wildman–Crippen LogP) is 2.03. The van der Waals surface area contributed by atoms with Crippen LogP contribution in [-0.4, -0.2) is 45.1 Å². The van der Waals surface area contributed by atoms with Crippen molar-refractivity contribution >= 4 is 10.0 Å². The summed E-state index contributed by atoms with van der Waals surface area (Å²) in [7, 11) is -0.158. The van der Waals surface area contributed by atoms with Crippen LogP contribution in [0, 0.1) is 0 Å². The fourth-order valence-electron chi connectivity index (χ4n) is 3.54. The first-order valence-electron chi connectivity index (χ1n) is 7.26. The van der Waals surface area contributed by atoms with Crippen molar-refractivity contribution in [2.75, 3.05) is 14.2 Å². The van der Waals surface area contributed by atoms with Crippen molar-refractivity contribution in [3.8, 4) is 5.75 Å². The molecule has 2 atom stereocenters. The number of rotatable bonds is 4. The van der Waals surface area contributed by atoms with Crippen molar-refractivity contribution < 1.29 is 17.9 Å². The van der Waals surface area contributed by atoms with Gasteiger partial charge in [0.25, 0.3) is 0 Å². The Morgan fingerprint density at radius 1 is 1.05 bits per heavy atom. The van der Waals surface area contributed by atoms with E-state index in [-0.39, 0.29) is 18.2 Å². The van der Waals surface area contributed by atoms with Gasteiger partial charge >= 0.3 is 0 Å². The lowest BCUT2D eigenvalue weighted by molar-refractivity contribution is 0.0349. The minimum Gasteiger partial charge on any atom is -0.497 e. The van der Waals surface area contributed by atoms with E-state index in [0.717, 1.165) is 25.7 Å². The molecule has 5 nitrogen and oxygen atoms in total. The van der Waals surface area contributed by atoms with E-state index in [9.17, 15) is 8.42 Å². The second-order valence-corrected chi connectivity index (χ2v) is 7.57. The molecule has 6 heteroatoms. The molecular weight excluding hydrogens is 290 g/mol. The average molecular weight is 311 g/mol. The number of fused-ring (bicyclic) bond motifs is 2. The lowest BCUT2D eigenvalue weighted by Crippen LogP contribution is -2.48. The normalized spacial score (nSPS) is 29.5. The van der Waals surface area contributed by atoms with Crippen LogP contribution >= 0.6 is 0 Å². The molecule has 2 heterocycles. The van der Waals surface area contributed by atoms with Crippen molar-refractivity contribution in [2.24, 2.45) is 0 Å². The van der Waals surface area contributed by atoms with Crippen molar-refractivity contribution in [1.29, 1.82) is 0 Å². The molecule has 0 saturated carbocycles. The third-order valence-corrected chi connectivity index (χ3v) is 6.61. The van der Waals surface area contributed by atoms with Crippen molar-refractivity contribution in [1.82, 2.24) is 4.31 Å². The van der Waals surface area contributed by atoms with E-state index in [0.29, 0.717) is 10.6 Å². The average Bonchev–Trinajstić information content (AvgIpc) is 2.79. The first-order chi connectivity index (χ1) is 10.1. The van der Waals surface area contributed by atoms with Crippen LogP contribution in [0.15, 0.2) is 29.2 Å². The van der Waals surface area contributed by atoms with Gasteiger partial charge in [-0.2, -0.15) is 4.31 Å². The largest absolute Gasteiger partial charge is 0.497 e. The minimum absolute atomic E-state index is 0.0702. The topological polar surface area (TPSA) is 55.8 Å². The SMILES string of the molecule is COc1ccc(S(=O)(=O)N2C3CCC2CC(OC)C3)cc1. The Bertz CT molecular complexity index is 585. The van der Waals surface area contributed by atoms with Gasteiger partial charge in [-0.05, 0) is 49.9 Å². The summed E-state index contributed by atoms with van der Waals surface area (Å²) in [6, 6.07) is 6.76. The molecule has 2 fully saturated rings. The standard InChI is InChI=1S/C15H21NO4S/c1-19-13-5-7-15(8-6-13)21(17,18)16-11-3-4-12(16)10-14(9-11)20-2/h5-8,11-12,14H,3-4,9-10H2,1-2H3. The molecule has 2 aliphatic heterocycles. The van der Waals surface area contributed by atoms with E-state index in [4.69, 9.17) is 9.47 Å². The number of piperidine rings is 1. The molecule has 0 amide bonds. The first kappa shape index (κ1) is 14.8. The second kappa shape index (κ2) is 5.59. The van der Waals surface area contributed by atoms with Gasteiger partial charge in [0.15, 0.2) is 0 Å². The highest BCUT2D eigenvalue weighted by Gasteiger charge is 2.47. The number of benzene rings is 1. The molecule has 2 bridgehead atoms. The molecule has 0 aliphatic carbocycles. The molecule has 1 aromatic carbocycles. The number of hydrogen-bond donors (Lipinski definition) is 0. The van der Waals surface area contributed by atoms with Crippen LogP contribution in [0.25, 0.3) is 0 Å². The number of sulfonamides is 1. The maximum atomic E-state index is 12.9. The number of nitrogens with zero attached hydrogens (tertiary/aromatic N) is 1. The summed E-state index contributed by atoms with van der Waals surface area (Å²) in [4.78, 5) is 0.344. The Morgan fingerprint density at radius 2 is 1.62 bits per heavy atom. The molecule has 0 N–H and O–H groups in total. The minimum atomic E-state index is -3.43. The monoisotopic (exact) mass is 311 g/mol. The summed E-state index contributed by atoms with van der Waals surface area (Å²) in [5.41, 5.74) is 0. The molecule has 2 saturated heterocycles. The van der Waals surface area contributed by atoms with Gasteiger partial charge in [0.2, 0.25) is 10.0 Å². The highest BCUT2D eigenvalue weighted by molar-refractivity contribution is 7.89. The van der Waals surface area contributed by atoms with Gasteiger partial charge < -0.3 is 9.47 Å². The first-order valence-corrected chi connectivity index (χ1v) is 8.70. The van der Waals surface area contributed by atoms with Crippen molar-refractivity contribution in [2.45, 2.75) is 48.8 Å². The van der Waals surface area contributed by atoms with Gasteiger partial charge in [0, 0.05) is 19.2 Å². The molecule has 2 unspecified atom stereocenters. The highest BCUT2D eigenvalue weighted by Crippen LogP contribution is 2.40. The van der Waals surface area contributed by atoms with Crippen LogP contribution in [0.2, 0.25) is 0 Å². The molecule has 0 aromatic heterocycles. The smallest absolute Gasteiger partial charge is 0.243 e. The van der Waals surface area contributed by atoms with E-state index in [1.54, 1.807) is 42.8 Å². The molecule has 3 rings (SSSR count). The molecule has 0 radical (unpaired) electrons. The third kappa shape index (κ3) is 2.56. The molecule has 1 aromatic rings. The zero-order chi connectivity index (χ0) is 15.0. The zero-order valence-electron chi connectivity index (χ0n) is 12.4. The van der Waals surface area contributed by atoms with Gasteiger partial charge in [-0.3, -0.25) is 0 Å². The van der Waals surface area contributed by atoms with Crippen LogP contribution in [0.3, 0.4) is 0 Å². The lowest BCUT2D eigenvalue weighted by Gasteiger charge is -2.37. The van der Waals surface area contributed by atoms with Crippen LogP contribution in [0.1, 0.15) is 25.7 Å². The van der Waals surface area contributed by atoms with E-state index in [1.807, 2.05) is 0 Å². The summed E-state index contributed by atoms with van der Waals surface area (Å²) in [6.45, 7) is 0. The quantitative estimate of drug-likeness (QED) is 0.854. The van der Waals surface area contributed by atoms with Crippen LogP contribution < -0.4 is 4.74 Å². The van der Waals surface area contributed by atoms with Gasteiger partial charge in [-0.25, -0.2) is 8.42 Å². The summed E-state index contributed by atoms with van der Waals surface area (Å²) in [5.74, 6) is 0.662. The third-order valence-electron chi connectivity index (χ3n) is 4.59. The van der Waals surface area contributed by atoms with Crippen LogP contribution in [-0.2, 0) is 14.8 Å². The maximum Gasteiger partial charge on any atom is 0.243 e. The van der Waals surface area contributed by atoms with E-state index >= 15 is 0 Å². The van der Waals surface area contributed by atoms with Gasteiger partial charge in [-0.1, -0.05) is 0 Å². The van der Waals surface area contributed by atoms with E-state index in [2.05, 4.69) is 0 Å². The molecule has 2 aliphatic rings. The highest BCUT2D eigenvalue weighted by atomic mass is 32.2. The molecular formula is C15H21NO4S. The molecule has 116 valence electrons. The molecule has 0 spiro atoms.